The minimum absolute atomic E-state index is 0.214. The Kier molecular flexibility index (Phi) is 5.69. The summed E-state index contributed by atoms with van der Waals surface area (Å²) < 4.78 is 5.69. The van der Waals surface area contributed by atoms with E-state index in [1.165, 1.54) is 32.1 Å². The minimum atomic E-state index is 0.214. The molecule has 0 aromatic carbocycles. The molecule has 0 N–H and O–H groups in total. The van der Waals surface area contributed by atoms with E-state index in [0.717, 1.165) is 37.5 Å². The zero-order valence-electron chi connectivity index (χ0n) is 12.9. The van der Waals surface area contributed by atoms with Crippen LogP contribution in [0, 0.1) is 12.8 Å². The van der Waals surface area contributed by atoms with E-state index in [1.54, 1.807) is 0 Å². The fourth-order valence-corrected chi connectivity index (χ4v) is 2.99. The number of nitrogens with zero attached hydrogens (tertiary/aromatic N) is 1. The summed E-state index contributed by atoms with van der Waals surface area (Å²) in [5.41, 5.74) is 0. The molecule has 0 spiro atoms. The fraction of sp³-hybridized carbons (Fsp3) is 0.706. The van der Waals surface area contributed by atoms with Crippen molar-refractivity contribution in [1.82, 2.24) is 0 Å². The maximum absolute atomic E-state index is 12.7. The lowest BCUT2D eigenvalue weighted by atomic mass is 10.1. The van der Waals surface area contributed by atoms with Gasteiger partial charge in [-0.05, 0) is 32.3 Å². The number of hydrogen-bond donors (Lipinski definition) is 0. The summed E-state index contributed by atoms with van der Waals surface area (Å²) in [7, 11) is 0. The zero-order chi connectivity index (χ0) is 14.4. The molecule has 2 rings (SSSR count). The highest BCUT2D eigenvalue weighted by Crippen LogP contribution is 2.29. The number of carbonyl (C=O) groups is 1. The third-order valence-corrected chi connectivity index (χ3v) is 4.20. The monoisotopic (exact) mass is 277 g/mol. The first-order valence-electron chi connectivity index (χ1n) is 8.10. The lowest BCUT2D eigenvalue weighted by molar-refractivity contribution is -0.122. The molecule has 3 nitrogen and oxygen atoms in total. The van der Waals surface area contributed by atoms with E-state index >= 15 is 0 Å². The minimum Gasteiger partial charge on any atom is -0.445 e. The van der Waals surface area contributed by atoms with E-state index in [2.05, 4.69) is 6.92 Å². The zero-order valence-corrected chi connectivity index (χ0v) is 12.9. The molecule has 20 heavy (non-hydrogen) atoms. The van der Waals surface area contributed by atoms with Crippen LogP contribution in [-0.4, -0.2) is 12.5 Å². The Bertz CT molecular complexity index is 418. The second kappa shape index (κ2) is 7.51. The number of rotatable bonds is 7. The molecule has 1 saturated carbocycles. The highest BCUT2D eigenvalue weighted by Gasteiger charge is 2.29. The van der Waals surface area contributed by atoms with Crippen LogP contribution in [-0.2, 0) is 4.79 Å². The number of carbonyl (C=O) groups excluding carboxylic acids is 1. The molecule has 0 atom stereocenters. The second-order valence-electron chi connectivity index (χ2n) is 5.92. The second-order valence-corrected chi connectivity index (χ2v) is 5.92. The standard InChI is InChI=1S/C17H27NO2/c1-3-4-5-8-13-18(16-12-11-14(2)20-16)17(19)15-9-6-7-10-15/h11-12,15H,3-10,13H2,1-2H3. The topological polar surface area (TPSA) is 33.5 Å². The van der Waals surface area contributed by atoms with E-state index in [1.807, 2.05) is 24.0 Å². The summed E-state index contributed by atoms with van der Waals surface area (Å²) in [6.45, 7) is 4.93. The van der Waals surface area contributed by atoms with Crippen LogP contribution in [0.15, 0.2) is 16.5 Å². The average molecular weight is 277 g/mol. The van der Waals surface area contributed by atoms with E-state index < -0.39 is 0 Å². The molecule has 1 amide bonds. The number of hydrogen-bond acceptors (Lipinski definition) is 2. The van der Waals surface area contributed by atoms with Crippen molar-refractivity contribution in [3.8, 4) is 0 Å². The smallest absolute Gasteiger partial charge is 0.232 e. The summed E-state index contributed by atoms with van der Waals surface area (Å²) in [6, 6.07) is 3.87. The SMILES string of the molecule is CCCCCCN(C(=O)C1CCCC1)c1ccc(C)o1. The molecule has 1 aliphatic rings. The van der Waals surface area contributed by atoms with Gasteiger partial charge >= 0.3 is 0 Å². The van der Waals surface area contributed by atoms with Gasteiger partial charge in [-0.15, -0.1) is 0 Å². The van der Waals surface area contributed by atoms with E-state index in [4.69, 9.17) is 4.42 Å². The number of unbranched alkanes of at least 4 members (excludes halogenated alkanes) is 3. The van der Waals surface area contributed by atoms with E-state index in [-0.39, 0.29) is 11.8 Å². The van der Waals surface area contributed by atoms with Crippen molar-refractivity contribution < 1.29 is 9.21 Å². The molecule has 1 aromatic rings. The van der Waals surface area contributed by atoms with Gasteiger partial charge in [0, 0.05) is 18.5 Å². The first-order valence-corrected chi connectivity index (χ1v) is 8.10. The Labute approximate surface area is 122 Å². The Hall–Kier alpha value is -1.25. The molecule has 0 bridgehead atoms. The molecule has 1 aromatic heterocycles. The van der Waals surface area contributed by atoms with Gasteiger partial charge in [0.05, 0.1) is 0 Å². The summed E-state index contributed by atoms with van der Waals surface area (Å²) >= 11 is 0. The molecular formula is C17H27NO2. The summed E-state index contributed by atoms with van der Waals surface area (Å²) in [5.74, 6) is 2.09. The lowest BCUT2D eigenvalue weighted by Gasteiger charge is -2.23. The van der Waals surface area contributed by atoms with Crippen molar-refractivity contribution in [2.45, 2.75) is 65.2 Å². The number of furan rings is 1. The van der Waals surface area contributed by atoms with E-state index in [9.17, 15) is 4.79 Å². The van der Waals surface area contributed by atoms with Crippen molar-refractivity contribution in [2.24, 2.45) is 5.92 Å². The third kappa shape index (κ3) is 3.87. The largest absolute Gasteiger partial charge is 0.445 e. The maximum atomic E-state index is 12.7. The van der Waals surface area contributed by atoms with Crippen molar-refractivity contribution in [3.05, 3.63) is 17.9 Å². The predicted molar refractivity (Wildman–Crippen MR) is 81.9 cm³/mol. The molecule has 1 fully saturated rings. The first-order chi connectivity index (χ1) is 9.72. The van der Waals surface area contributed by atoms with Gasteiger partial charge in [0.2, 0.25) is 11.8 Å². The first kappa shape index (κ1) is 15.1. The van der Waals surface area contributed by atoms with Crippen molar-refractivity contribution in [2.75, 3.05) is 11.4 Å². The third-order valence-electron chi connectivity index (χ3n) is 4.20. The van der Waals surface area contributed by atoms with Crippen molar-refractivity contribution >= 4 is 11.8 Å². The van der Waals surface area contributed by atoms with Gasteiger partial charge in [-0.1, -0.05) is 39.0 Å². The molecule has 0 radical (unpaired) electrons. The summed E-state index contributed by atoms with van der Waals surface area (Å²) in [6.07, 6.45) is 9.18. The molecule has 112 valence electrons. The summed E-state index contributed by atoms with van der Waals surface area (Å²) in [4.78, 5) is 14.6. The normalized spacial score (nSPS) is 15.7. The molecule has 0 unspecified atom stereocenters. The Morgan fingerprint density at radius 3 is 2.60 bits per heavy atom. The maximum Gasteiger partial charge on any atom is 0.232 e. The summed E-state index contributed by atoms with van der Waals surface area (Å²) in [5, 5.41) is 0. The van der Waals surface area contributed by atoms with Crippen molar-refractivity contribution in [3.63, 3.8) is 0 Å². The van der Waals surface area contributed by atoms with E-state index in [0.29, 0.717) is 0 Å². The fourth-order valence-electron chi connectivity index (χ4n) is 2.99. The number of amides is 1. The molecule has 1 aliphatic carbocycles. The van der Waals surface area contributed by atoms with Crippen LogP contribution in [0.5, 0.6) is 0 Å². The highest BCUT2D eigenvalue weighted by atomic mass is 16.4. The predicted octanol–water partition coefficient (Wildman–Crippen LogP) is 4.69. The van der Waals surface area contributed by atoms with Crippen LogP contribution in [0.2, 0.25) is 0 Å². The van der Waals surface area contributed by atoms with Crippen LogP contribution in [0.1, 0.15) is 64.1 Å². The molecule has 0 saturated heterocycles. The lowest BCUT2D eigenvalue weighted by Crippen LogP contribution is -2.36. The Balaban J connectivity index is 2.00. The number of aryl methyl sites for hydroxylation is 1. The molecule has 1 heterocycles. The van der Waals surface area contributed by atoms with Crippen LogP contribution in [0.25, 0.3) is 0 Å². The molecule has 3 heteroatoms. The molecular weight excluding hydrogens is 250 g/mol. The average Bonchev–Trinajstić information content (AvgIpc) is 3.09. The van der Waals surface area contributed by atoms with Gasteiger partial charge in [0.1, 0.15) is 5.76 Å². The van der Waals surface area contributed by atoms with Crippen LogP contribution >= 0.6 is 0 Å². The van der Waals surface area contributed by atoms with Gasteiger partial charge in [-0.25, -0.2) is 0 Å². The Morgan fingerprint density at radius 1 is 1.25 bits per heavy atom. The van der Waals surface area contributed by atoms with Crippen molar-refractivity contribution in [1.29, 1.82) is 0 Å². The van der Waals surface area contributed by atoms with Gasteiger partial charge in [-0.2, -0.15) is 0 Å². The van der Waals surface area contributed by atoms with Crippen LogP contribution < -0.4 is 4.90 Å². The van der Waals surface area contributed by atoms with Crippen LogP contribution in [0.4, 0.5) is 5.88 Å². The Morgan fingerprint density at radius 2 is 2.00 bits per heavy atom. The number of anilines is 1. The van der Waals surface area contributed by atoms with Gasteiger partial charge in [-0.3, -0.25) is 9.69 Å². The van der Waals surface area contributed by atoms with Crippen LogP contribution in [0.3, 0.4) is 0 Å². The van der Waals surface area contributed by atoms with Gasteiger partial charge in [0.25, 0.3) is 0 Å². The van der Waals surface area contributed by atoms with Gasteiger partial charge < -0.3 is 4.42 Å². The highest BCUT2D eigenvalue weighted by molar-refractivity contribution is 5.93. The molecule has 0 aliphatic heterocycles. The quantitative estimate of drug-likeness (QED) is 0.677. The van der Waals surface area contributed by atoms with Gasteiger partial charge in [0.15, 0.2) is 0 Å².